The molecule has 0 aliphatic carbocycles. The first kappa shape index (κ1) is 96.7. The van der Waals surface area contributed by atoms with Crippen molar-refractivity contribution in [2.24, 2.45) is 0 Å². The van der Waals surface area contributed by atoms with E-state index in [0.29, 0.717) is 19.3 Å². The highest BCUT2D eigenvalue weighted by Crippen LogP contribution is 2.45. The van der Waals surface area contributed by atoms with Gasteiger partial charge in [-0.25, -0.2) is 9.13 Å². The lowest BCUT2D eigenvalue weighted by Gasteiger charge is -2.21. The first-order valence-electron chi connectivity index (χ1n) is 39.5. The largest absolute Gasteiger partial charge is 0.472 e. The Balaban J connectivity index is 4.46. The number of phosphoric acid groups is 2. The lowest BCUT2D eigenvalue weighted by molar-refractivity contribution is -0.161. The van der Waals surface area contributed by atoms with Gasteiger partial charge in [0.1, 0.15) is 25.4 Å². The summed E-state index contributed by atoms with van der Waals surface area (Å²) >= 11 is 0. The van der Waals surface area contributed by atoms with E-state index in [4.69, 9.17) is 32.3 Å². The average Bonchev–Trinajstić information content (AvgIpc) is 0.946. The van der Waals surface area contributed by atoms with Crippen LogP contribution in [0.3, 0.4) is 0 Å². The number of hydrogen-bond acceptors (Lipinski definition) is 14. The molecule has 0 bridgehead atoms. The van der Waals surface area contributed by atoms with Crippen LogP contribution < -0.4 is 0 Å². The van der Waals surface area contributed by atoms with Crippen LogP contribution in [-0.2, 0) is 55.8 Å². The molecule has 0 aromatic heterocycles. The van der Waals surface area contributed by atoms with E-state index >= 15 is 0 Å². The first-order chi connectivity index (χ1) is 49.2. The smallest absolute Gasteiger partial charge is 0.463 e. The molecule has 0 heterocycles. The maximum atomic E-state index is 12.9. The van der Waals surface area contributed by atoms with E-state index in [2.05, 4.69) is 154 Å². The Bertz CT molecular complexity index is 2370. The number of aliphatic hydroxyl groups is 2. The number of phosphoric ester groups is 2. The van der Waals surface area contributed by atoms with Gasteiger partial charge in [-0.3, -0.25) is 32.5 Å². The van der Waals surface area contributed by atoms with Crippen molar-refractivity contribution >= 4 is 33.6 Å². The normalized spacial score (nSPS) is 14.7. The second-order valence-corrected chi connectivity index (χ2v) is 29.0. The first-order valence-corrected chi connectivity index (χ1v) is 42.5. The van der Waals surface area contributed by atoms with Crippen LogP contribution in [-0.4, -0.2) is 95.9 Å². The highest BCUT2D eigenvalue weighted by Gasteiger charge is 2.29. The molecular weight excluding hydrogens is 1310 g/mol. The topological polar surface area (TPSA) is 231 Å². The molecule has 0 rings (SSSR count). The van der Waals surface area contributed by atoms with E-state index in [1.54, 1.807) is 0 Å². The summed E-state index contributed by atoms with van der Waals surface area (Å²) in [5.41, 5.74) is 0. The molecule has 18 heteroatoms. The van der Waals surface area contributed by atoms with Gasteiger partial charge in [0.05, 0.1) is 26.4 Å². The Morgan fingerprint density at radius 1 is 0.287 bits per heavy atom. The molecule has 16 nitrogen and oxygen atoms in total. The van der Waals surface area contributed by atoms with E-state index in [1.807, 2.05) is 0 Å². The van der Waals surface area contributed by atoms with Crippen molar-refractivity contribution in [2.45, 2.75) is 334 Å². The molecule has 4 N–H and O–H groups in total. The Labute approximate surface area is 614 Å². The van der Waals surface area contributed by atoms with Crippen LogP contribution in [0.2, 0.25) is 0 Å². The molecule has 0 amide bonds. The Hall–Kier alpha value is -4.31. The third-order valence-corrected chi connectivity index (χ3v) is 18.3. The number of esters is 3. The summed E-state index contributed by atoms with van der Waals surface area (Å²) in [7, 11) is -9.78. The lowest BCUT2D eigenvalue weighted by atomic mass is 10.1. The van der Waals surface area contributed by atoms with E-state index in [9.17, 15) is 43.5 Å². The fourth-order valence-electron chi connectivity index (χ4n) is 10.4. The van der Waals surface area contributed by atoms with Gasteiger partial charge in [-0.05, 0) is 116 Å². The third kappa shape index (κ3) is 76.6. The summed E-state index contributed by atoms with van der Waals surface area (Å²) in [4.78, 5) is 58.6. The number of rotatable bonds is 74. The van der Waals surface area contributed by atoms with Gasteiger partial charge in [-0.1, -0.05) is 315 Å². The summed E-state index contributed by atoms with van der Waals surface area (Å²) in [6.07, 6.45) is 90.8. The predicted octanol–water partition coefficient (Wildman–Crippen LogP) is 23.1. The van der Waals surface area contributed by atoms with Gasteiger partial charge >= 0.3 is 33.6 Å². The van der Waals surface area contributed by atoms with Gasteiger partial charge in [0.15, 0.2) is 6.10 Å². The van der Waals surface area contributed by atoms with Crippen molar-refractivity contribution in [3.8, 4) is 0 Å². The fourth-order valence-corrected chi connectivity index (χ4v) is 12.0. The number of allylic oxidation sites excluding steroid dienone is 22. The Morgan fingerprint density at radius 3 is 0.832 bits per heavy atom. The zero-order valence-corrected chi connectivity index (χ0v) is 65.1. The van der Waals surface area contributed by atoms with Crippen molar-refractivity contribution in [3.05, 3.63) is 134 Å². The predicted molar refractivity (Wildman–Crippen MR) is 417 cm³/mol. The van der Waals surface area contributed by atoms with E-state index < -0.39 is 91.5 Å². The van der Waals surface area contributed by atoms with Crippen LogP contribution in [0.4, 0.5) is 0 Å². The van der Waals surface area contributed by atoms with Gasteiger partial charge in [0.2, 0.25) is 0 Å². The summed E-state index contributed by atoms with van der Waals surface area (Å²) in [5.74, 6) is -1.58. The van der Waals surface area contributed by atoms with Gasteiger partial charge in [0, 0.05) is 19.3 Å². The number of carbonyl (C=O) groups is 3. The summed E-state index contributed by atoms with van der Waals surface area (Å²) in [6.45, 7) is 2.44. The van der Waals surface area contributed by atoms with Crippen molar-refractivity contribution in [1.29, 1.82) is 0 Å². The number of ether oxygens (including phenoxy) is 3. The molecule has 0 radical (unpaired) electrons. The molecule has 0 aromatic carbocycles. The molecule has 5 unspecified atom stereocenters. The minimum atomic E-state index is -4.93. The maximum absolute atomic E-state index is 12.9. The van der Waals surface area contributed by atoms with Gasteiger partial charge < -0.3 is 34.2 Å². The number of unbranched alkanes of at least 4 members (excludes halogenated alkanes) is 29. The second-order valence-electron chi connectivity index (χ2n) is 26.1. The van der Waals surface area contributed by atoms with Crippen molar-refractivity contribution in [3.63, 3.8) is 0 Å². The minimum Gasteiger partial charge on any atom is -0.463 e. The maximum Gasteiger partial charge on any atom is 0.472 e. The second kappa shape index (κ2) is 75.4. The molecule has 101 heavy (non-hydrogen) atoms. The zero-order valence-electron chi connectivity index (χ0n) is 63.3. The van der Waals surface area contributed by atoms with Crippen LogP contribution in [0.25, 0.3) is 0 Å². The van der Waals surface area contributed by atoms with Crippen molar-refractivity contribution in [2.75, 3.05) is 39.6 Å². The van der Waals surface area contributed by atoms with E-state index in [0.717, 1.165) is 161 Å². The summed E-state index contributed by atoms with van der Waals surface area (Å²) in [5, 5.41) is 20.6. The standard InChI is InChI=1S/C83H142O16P2/c1-4-7-10-13-16-19-22-24-26-28-30-32-34-36-37-38-39-41-43-44-46-48-50-52-55-57-60-63-66-69-81(86)93-72-78(84)73-95-100(89,90)96-74-79(85)75-97-101(91,92)98-77-80(99-83(88)71-68-65-62-59-54-21-18-15-12-9-6-3)76-94-82(87)70-67-64-61-58-56-53-51-49-47-45-42-40-35-33-31-29-27-25-23-20-17-14-11-8-5-2/h7-8,10-11,16-17,19-20,24-27,30-33,36-37,39-42,78-80,84-85H,4-6,9,12-15,18,21-23,28-29,34-35,38,43-77H2,1-3H3,(H,89,90)(H,91,92)/b10-7-,11-8-,19-16-,20-17-,26-24-,27-25-,32-30-,33-31-,37-36-,41-39-,42-40-. The van der Waals surface area contributed by atoms with Crippen LogP contribution >= 0.6 is 15.6 Å². The molecule has 0 saturated carbocycles. The van der Waals surface area contributed by atoms with E-state index in [1.165, 1.54) is 96.3 Å². The quantitative estimate of drug-likeness (QED) is 0.0146. The SMILES string of the molecule is CC/C=C\C/C=C\C/C=C\C/C=C\C/C=C\C/C=C\CCCCCCCCCCCCC(=O)OCC(O)COP(=O)(O)OCC(O)COP(=O)(O)OCC(COC(=O)CCCCCCCCCCC/C=C\C/C=C\C/C=C\C/C=C\C/C=C\CC)OC(=O)CCCCCCCCCCCCC. The lowest BCUT2D eigenvalue weighted by Crippen LogP contribution is -2.30. The summed E-state index contributed by atoms with van der Waals surface area (Å²) < 4.78 is 61.1. The highest BCUT2D eigenvalue weighted by molar-refractivity contribution is 7.47. The number of carbonyl (C=O) groups excluding carboxylic acids is 3. The fraction of sp³-hybridized carbons (Fsp3) is 0.699. The molecule has 0 aliphatic rings. The molecule has 580 valence electrons. The number of aliphatic hydroxyl groups excluding tert-OH is 2. The highest BCUT2D eigenvalue weighted by atomic mass is 31.2. The van der Waals surface area contributed by atoms with E-state index in [-0.39, 0.29) is 19.3 Å². The Kier molecular flexibility index (Phi) is 72.2. The number of hydrogen-bond donors (Lipinski definition) is 4. The summed E-state index contributed by atoms with van der Waals surface area (Å²) in [6, 6.07) is 0. The van der Waals surface area contributed by atoms with Crippen molar-refractivity contribution < 1.29 is 75.8 Å². The zero-order chi connectivity index (χ0) is 73.7. The molecule has 0 spiro atoms. The molecular formula is C83H142O16P2. The van der Waals surface area contributed by atoms with Crippen LogP contribution in [0.1, 0.15) is 316 Å². The van der Waals surface area contributed by atoms with Crippen LogP contribution in [0.5, 0.6) is 0 Å². The molecule has 5 atom stereocenters. The molecule has 0 fully saturated rings. The average molecular weight is 1460 g/mol. The minimum absolute atomic E-state index is 0.104. The van der Waals surface area contributed by atoms with Gasteiger partial charge in [-0.2, -0.15) is 0 Å². The molecule has 0 saturated heterocycles. The monoisotopic (exact) mass is 1460 g/mol. The van der Waals surface area contributed by atoms with Crippen LogP contribution in [0.15, 0.2) is 134 Å². The molecule has 0 aliphatic heterocycles. The third-order valence-electron chi connectivity index (χ3n) is 16.4. The Morgan fingerprint density at radius 2 is 0.525 bits per heavy atom. The molecule has 0 aromatic rings. The van der Waals surface area contributed by atoms with Gasteiger partial charge in [-0.15, -0.1) is 0 Å². The van der Waals surface area contributed by atoms with Crippen molar-refractivity contribution in [1.82, 2.24) is 0 Å². The van der Waals surface area contributed by atoms with Crippen LogP contribution in [0, 0.1) is 0 Å². The van der Waals surface area contributed by atoms with Gasteiger partial charge in [0.25, 0.3) is 0 Å².